The summed E-state index contributed by atoms with van der Waals surface area (Å²) in [6.45, 7) is 9.97. The van der Waals surface area contributed by atoms with Crippen molar-refractivity contribution in [2.45, 2.75) is 60.0 Å². The van der Waals surface area contributed by atoms with Crippen LogP contribution in [0.5, 0.6) is 0 Å². The van der Waals surface area contributed by atoms with Gasteiger partial charge in [-0.25, -0.2) is 0 Å². The zero-order valence-electron chi connectivity index (χ0n) is 13.8. The predicted molar refractivity (Wildman–Crippen MR) is 81.7 cm³/mol. The van der Waals surface area contributed by atoms with Gasteiger partial charge in [0.2, 0.25) is 0 Å². The number of carbonyl (C=O) groups excluding carboxylic acids is 2. The Morgan fingerprint density at radius 3 is 2.57 bits per heavy atom. The standard InChI is InChI=1S/C17H28O4/c1-6-21-16(20)12(3)15(19)10-14(18)9-13-8-7-11(2)17(13,4)5/h7,12-14,18H,6,8-10H2,1-5H3. The number of esters is 1. The first-order valence-corrected chi connectivity index (χ1v) is 7.74. The molecule has 1 aliphatic carbocycles. The summed E-state index contributed by atoms with van der Waals surface area (Å²) in [4.78, 5) is 23.5. The minimum Gasteiger partial charge on any atom is -0.465 e. The fraction of sp³-hybridized carbons (Fsp3) is 0.765. The van der Waals surface area contributed by atoms with Gasteiger partial charge in [-0.3, -0.25) is 9.59 Å². The van der Waals surface area contributed by atoms with Crippen LogP contribution in [0.4, 0.5) is 0 Å². The molecular weight excluding hydrogens is 268 g/mol. The van der Waals surface area contributed by atoms with Crippen LogP contribution in [-0.2, 0) is 14.3 Å². The van der Waals surface area contributed by atoms with E-state index in [0.29, 0.717) is 12.3 Å². The van der Waals surface area contributed by atoms with Crippen LogP contribution in [-0.4, -0.2) is 29.6 Å². The SMILES string of the molecule is CCOC(=O)C(C)C(=O)CC(O)CC1CC=C(C)C1(C)C. The molecule has 0 aliphatic heterocycles. The van der Waals surface area contributed by atoms with Crippen LogP contribution < -0.4 is 0 Å². The van der Waals surface area contributed by atoms with Gasteiger partial charge in [0.25, 0.3) is 0 Å². The van der Waals surface area contributed by atoms with E-state index < -0.39 is 18.0 Å². The van der Waals surface area contributed by atoms with Crippen LogP contribution in [0.1, 0.15) is 53.9 Å². The summed E-state index contributed by atoms with van der Waals surface area (Å²) in [7, 11) is 0. The molecule has 0 saturated carbocycles. The van der Waals surface area contributed by atoms with Gasteiger partial charge in [0, 0.05) is 6.42 Å². The molecule has 3 unspecified atom stereocenters. The molecule has 120 valence electrons. The zero-order valence-corrected chi connectivity index (χ0v) is 13.8. The van der Waals surface area contributed by atoms with Gasteiger partial charge >= 0.3 is 5.97 Å². The average Bonchev–Trinajstić information content (AvgIpc) is 2.64. The summed E-state index contributed by atoms with van der Waals surface area (Å²) in [5, 5.41) is 10.2. The minimum atomic E-state index is -0.795. The van der Waals surface area contributed by atoms with Crippen LogP contribution in [0.25, 0.3) is 0 Å². The Kier molecular flexibility index (Phi) is 6.14. The van der Waals surface area contributed by atoms with Crippen molar-refractivity contribution < 1.29 is 19.4 Å². The summed E-state index contributed by atoms with van der Waals surface area (Å²) in [5.41, 5.74) is 1.41. The fourth-order valence-electron chi connectivity index (χ4n) is 2.81. The lowest BCUT2D eigenvalue weighted by molar-refractivity contribution is -0.151. The van der Waals surface area contributed by atoms with Crippen molar-refractivity contribution in [3.63, 3.8) is 0 Å². The smallest absolute Gasteiger partial charge is 0.316 e. The van der Waals surface area contributed by atoms with Gasteiger partial charge in [-0.05, 0) is 44.9 Å². The molecule has 0 radical (unpaired) electrons. The quantitative estimate of drug-likeness (QED) is 0.446. The van der Waals surface area contributed by atoms with Crippen LogP contribution in [0.15, 0.2) is 11.6 Å². The molecule has 1 aliphatic rings. The highest BCUT2D eigenvalue weighted by Gasteiger charge is 2.36. The predicted octanol–water partition coefficient (Wildman–Crippen LogP) is 2.89. The molecule has 21 heavy (non-hydrogen) atoms. The molecule has 4 heteroatoms. The molecule has 0 fully saturated rings. The number of Topliss-reactive ketones (excluding diaryl/α,β-unsaturated/α-hetero) is 1. The number of ketones is 1. The summed E-state index contributed by atoms with van der Waals surface area (Å²) in [6.07, 6.45) is 3.06. The van der Waals surface area contributed by atoms with E-state index >= 15 is 0 Å². The second-order valence-electron chi connectivity index (χ2n) is 6.58. The Balaban J connectivity index is 2.49. The molecule has 0 spiro atoms. The van der Waals surface area contributed by atoms with Crippen molar-refractivity contribution in [3.05, 3.63) is 11.6 Å². The maximum Gasteiger partial charge on any atom is 0.316 e. The van der Waals surface area contributed by atoms with Crippen LogP contribution in [0.3, 0.4) is 0 Å². The summed E-state index contributed by atoms with van der Waals surface area (Å²) >= 11 is 0. The second kappa shape index (κ2) is 7.21. The van der Waals surface area contributed by atoms with E-state index in [4.69, 9.17) is 4.74 Å². The number of aliphatic hydroxyl groups is 1. The van der Waals surface area contributed by atoms with E-state index in [1.54, 1.807) is 6.92 Å². The Morgan fingerprint density at radius 2 is 2.10 bits per heavy atom. The molecule has 1 rings (SSSR count). The molecule has 0 aromatic heterocycles. The number of hydrogen-bond donors (Lipinski definition) is 1. The molecule has 0 aromatic rings. The van der Waals surface area contributed by atoms with Crippen LogP contribution >= 0.6 is 0 Å². The molecule has 0 saturated heterocycles. The van der Waals surface area contributed by atoms with Gasteiger partial charge in [0.1, 0.15) is 11.7 Å². The zero-order chi connectivity index (χ0) is 16.2. The van der Waals surface area contributed by atoms with Crippen molar-refractivity contribution >= 4 is 11.8 Å². The number of allylic oxidation sites excluding steroid dienone is 2. The summed E-state index contributed by atoms with van der Waals surface area (Å²) in [6, 6.07) is 0. The Morgan fingerprint density at radius 1 is 1.48 bits per heavy atom. The van der Waals surface area contributed by atoms with E-state index in [-0.39, 0.29) is 24.2 Å². The third-order valence-corrected chi connectivity index (χ3v) is 4.86. The van der Waals surface area contributed by atoms with Crippen molar-refractivity contribution in [3.8, 4) is 0 Å². The van der Waals surface area contributed by atoms with Gasteiger partial charge in [-0.15, -0.1) is 0 Å². The average molecular weight is 296 g/mol. The molecule has 0 bridgehead atoms. The molecule has 4 nitrogen and oxygen atoms in total. The molecule has 0 heterocycles. The number of rotatable bonds is 7. The first-order valence-electron chi connectivity index (χ1n) is 7.74. The van der Waals surface area contributed by atoms with E-state index in [2.05, 4.69) is 26.8 Å². The Bertz CT molecular complexity index is 423. The largest absolute Gasteiger partial charge is 0.465 e. The number of hydrogen-bond acceptors (Lipinski definition) is 4. The highest BCUT2D eigenvalue weighted by atomic mass is 16.5. The topological polar surface area (TPSA) is 63.6 Å². The molecule has 1 N–H and O–H groups in total. The maximum atomic E-state index is 12.0. The van der Waals surface area contributed by atoms with Gasteiger partial charge in [0.05, 0.1) is 12.7 Å². The lowest BCUT2D eigenvalue weighted by Crippen LogP contribution is -2.30. The number of aliphatic hydroxyl groups excluding tert-OH is 1. The monoisotopic (exact) mass is 296 g/mol. The van der Waals surface area contributed by atoms with Crippen molar-refractivity contribution in [2.24, 2.45) is 17.3 Å². The Labute approximate surface area is 127 Å². The van der Waals surface area contributed by atoms with E-state index in [1.165, 1.54) is 12.5 Å². The molecule has 0 amide bonds. The Hall–Kier alpha value is -1.16. The number of carbonyl (C=O) groups is 2. The van der Waals surface area contributed by atoms with E-state index in [9.17, 15) is 14.7 Å². The molecule has 3 atom stereocenters. The third-order valence-electron chi connectivity index (χ3n) is 4.86. The summed E-state index contributed by atoms with van der Waals surface area (Å²) < 4.78 is 4.84. The molecular formula is C17H28O4. The highest BCUT2D eigenvalue weighted by molar-refractivity contribution is 5.98. The van der Waals surface area contributed by atoms with Crippen molar-refractivity contribution in [1.82, 2.24) is 0 Å². The van der Waals surface area contributed by atoms with Crippen LogP contribution in [0, 0.1) is 17.3 Å². The second-order valence-corrected chi connectivity index (χ2v) is 6.58. The van der Waals surface area contributed by atoms with Crippen molar-refractivity contribution in [2.75, 3.05) is 6.61 Å². The lowest BCUT2D eigenvalue weighted by Gasteiger charge is -2.31. The van der Waals surface area contributed by atoms with E-state index in [1.807, 2.05) is 0 Å². The van der Waals surface area contributed by atoms with Crippen LogP contribution in [0.2, 0.25) is 0 Å². The van der Waals surface area contributed by atoms with E-state index in [0.717, 1.165) is 6.42 Å². The first kappa shape index (κ1) is 17.9. The van der Waals surface area contributed by atoms with Gasteiger partial charge in [-0.2, -0.15) is 0 Å². The summed E-state index contributed by atoms with van der Waals surface area (Å²) in [5.74, 6) is -1.20. The normalized spacial score (nSPS) is 23.3. The van der Waals surface area contributed by atoms with Gasteiger partial charge in [-0.1, -0.05) is 25.5 Å². The number of ether oxygens (including phenoxy) is 1. The fourth-order valence-corrected chi connectivity index (χ4v) is 2.81. The van der Waals surface area contributed by atoms with Crippen molar-refractivity contribution in [1.29, 1.82) is 0 Å². The maximum absolute atomic E-state index is 12.0. The highest BCUT2D eigenvalue weighted by Crippen LogP contribution is 2.45. The molecule has 0 aromatic carbocycles. The third kappa shape index (κ3) is 4.40. The van der Waals surface area contributed by atoms with Gasteiger partial charge < -0.3 is 9.84 Å². The van der Waals surface area contributed by atoms with Gasteiger partial charge in [0.15, 0.2) is 0 Å². The minimum absolute atomic E-state index is 0.0195. The lowest BCUT2D eigenvalue weighted by atomic mass is 9.75. The first-order chi connectivity index (χ1) is 9.70.